The lowest BCUT2D eigenvalue weighted by atomic mass is 9.98. The van der Waals surface area contributed by atoms with E-state index in [1.807, 2.05) is 158 Å². The number of hydrogen-bond donors (Lipinski definition) is 0. The zero-order valence-electron chi connectivity index (χ0n) is 32.6. The van der Waals surface area contributed by atoms with Crippen LogP contribution < -0.4 is 9.80 Å². The van der Waals surface area contributed by atoms with Gasteiger partial charge < -0.3 is 9.80 Å². The van der Waals surface area contributed by atoms with Gasteiger partial charge >= 0.3 is 0 Å². The van der Waals surface area contributed by atoms with Gasteiger partial charge in [-0.2, -0.15) is 10.5 Å². The maximum atomic E-state index is 13.5. The quantitative estimate of drug-likeness (QED) is 0.0703. The highest BCUT2D eigenvalue weighted by Crippen LogP contribution is 2.36. The Morgan fingerprint density at radius 2 is 0.583 bits per heavy atom. The van der Waals surface area contributed by atoms with E-state index in [1.165, 1.54) is 0 Å². The molecule has 60 heavy (non-hydrogen) atoms. The number of rotatable bonds is 12. The summed E-state index contributed by atoms with van der Waals surface area (Å²) in [7, 11) is 0. The first-order valence-corrected chi connectivity index (χ1v) is 19.6. The van der Waals surface area contributed by atoms with Gasteiger partial charge in [0.2, 0.25) is 0 Å². The minimum absolute atomic E-state index is 0.115. The molecular weight excluding hydrogens is 733 g/mol. The van der Waals surface area contributed by atoms with Crippen molar-refractivity contribution in [2.75, 3.05) is 9.80 Å². The molecule has 0 spiro atoms. The lowest BCUT2D eigenvalue weighted by Gasteiger charge is -2.25. The Kier molecular flexibility index (Phi) is 11.6. The molecule has 0 aromatic heterocycles. The fourth-order valence-electron chi connectivity index (χ4n) is 7.10. The molecule has 0 saturated heterocycles. The van der Waals surface area contributed by atoms with Crippen LogP contribution in [0.25, 0.3) is 23.3 Å². The Hall–Kier alpha value is -8.51. The lowest BCUT2D eigenvalue weighted by molar-refractivity contribution is 0.103. The standard InChI is InChI=1S/C55H38N4O/c56-39-47(43-29-33-53(34-30-43)58(49-13-5-1-6-14-49)50-15-7-2-8-16-50)37-41-21-25-45(26-22-41)55(60)46-27-23-42(24-28-46)38-48(40-57)44-31-35-54(36-32-44)59(51-17-9-3-10-18-51)52-19-11-4-12-20-52/h1-38H. The SMILES string of the molecule is N#CC(=Cc1ccc(C(=O)c2ccc(C=C(C#N)c3ccc(N(c4ccccc4)c4ccccc4)cc3)cc2)cc1)c1ccc(N(c2ccccc2)c2ccccc2)cc1. The Morgan fingerprint density at radius 3 is 0.850 bits per heavy atom. The van der Waals surface area contributed by atoms with Gasteiger partial charge in [-0.15, -0.1) is 0 Å². The van der Waals surface area contributed by atoms with Gasteiger partial charge in [0.15, 0.2) is 5.78 Å². The number of allylic oxidation sites excluding steroid dienone is 2. The molecule has 0 aliphatic heterocycles. The predicted molar refractivity (Wildman–Crippen MR) is 246 cm³/mol. The topological polar surface area (TPSA) is 71.1 Å². The summed E-state index contributed by atoms with van der Waals surface area (Å²) in [6.07, 6.45) is 3.67. The van der Waals surface area contributed by atoms with E-state index in [4.69, 9.17) is 0 Å². The molecule has 5 heteroatoms. The second-order valence-corrected chi connectivity index (χ2v) is 14.0. The molecule has 0 unspecified atom stereocenters. The fraction of sp³-hybridized carbons (Fsp3) is 0. The summed E-state index contributed by atoms with van der Waals surface area (Å²) in [5, 5.41) is 20.3. The third kappa shape index (κ3) is 8.72. The van der Waals surface area contributed by atoms with Gasteiger partial charge in [0.1, 0.15) is 0 Å². The summed E-state index contributed by atoms with van der Waals surface area (Å²) in [5.41, 5.74) is 11.4. The normalized spacial score (nSPS) is 11.2. The highest BCUT2D eigenvalue weighted by Gasteiger charge is 2.15. The van der Waals surface area contributed by atoms with Gasteiger partial charge in [0.25, 0.3) is 0 Å². The van der Waals surface area contributed by atoms with E-state index < -0.39 is 0 Å². The molecule has 0 radical (unpaired) electrons. The molecule has 0 fully saturated rings. The van der Waals surface area contributed by atoms with Crippen molar-refractivity contribution >= 4 is 63.2 Å². The molecule has 0 aliphatic carbocycles. The van der Waals surface area contributed by atoms with Crippen molar-refractivity contribution in [3.05, 3.63) is 252 Å². The molecular formula is C55H38N4O. The minimum atomic E-state index is -0.115. The van der Waals surface area contributed by atoms with Crippen molar-refractivity contribution < 1.29 is 4.79 Å². The van der Waals surface area contributed by atoms with Gasteiger partial charge in [-0.05, 0) is 107 Å². The van der Waals surface area contributed by atoms with Crippen LogP contribution in [0.3, 0.4) is 0 Å². The largest absolute Gasteiger partial charge is 0.311 e. The Morgan fingerprint density at radius 1 is 0.333 bits per heavy atom. The number of ketones is 1. The van der Waals surface area contributed by atoms with E-state index in [0.717, 1.165) is 56.4 Å². The van der Waals surface area contributed by atoms with Crippen LogP contribution in [0.1, 0.15) is 38.2 Å². The zero-order chi connectivity index (χ0) is 41.1. The van der Waals surface area contributed by atoms with Crippen LogP contribution in [-0.4, -0.2) is 5.78 Å². The van der Waals surface area contributed by atoms with Crippen LogP contribution in [0, 0.1) is 22.7 Å². The van der Waals surface area contributed by atoms with Gasteiger partial charge in [-0.1, -0.05) is 146 Å². The second kappa shape index (κ2) is 18.2. The van der Waals surface area contributed by atoms with E-state index in [9.17, 15) is 15.3 Å². The Labute approximate surface area is 350 Å². The van der Waals surface area contributed by atoms with E-state index in [1.54, 1.807) is 24.3 Å². The van der Waals surface area contributed by atoms with Crippen LogP contribution in [0.5, 0.6) is 0 Å². The van der Waals surface area contributed by atoms with E-state index >= 15 is 0 Å². The molecule has 0 atom stereocenters. The number of benzene rings is 8. The molecule has 0 heterocycles. The molecule has 8 aromatic rings. The maximum absolute atomic E-state index is 13.5. The zero-order valence-corrected chi connectivity index (χ0v) is 32.6. The fourth-order valence-corrected chi connectivity index (χ4v) is 7.10. The summed E-state index contributed by atoms with van der Waals surface area (Å²) in [5.74, 6) is -0.115. The molecule has 284 valence electrons. The minimum Gasteiger partial charge on any atom is -0.311 e. The van der Waals surface area contributed by atoms with Gasteiger partial charge in [-0.3, -0.25) is 4.79 Å². The number of nitrogens with zero attached hydrogens (tertiary/aromatic N) is 4. The molecule has 0 saturated carbocycles. The molecule has 8 aromatic carbocycles. The Balaban J connectivity index is 0.951. The number of hydrogen-bond acceptors (Lipinski definition) is 5. The van der Waals surface area contributed by atoms with Crippen molar-refractivity contribution in [2.24, 2.45) is 0 Å². The maximum Gasteiger partial charge on any atom is 0.193 e. The number of carbonyl (C=O) groups excluding carboxylic acids is 1. The summed E-state index contributed by atoms with van der Waals surface area (Å²) < 4.78 is 0. The van der Waals surface area contributed by atoms with Gasteiger partial charge in [0.05, 0.1) is 23.3 Å². The van der Waals surface area contributed by atoms with Crippen molar-refractivity contribution in [2.45, 2.75) is 0 Å². The smallest absolute Gasteiger partial charge is 0.193 e. The predicted octanol–water partition coefficient (Wildman–Crippen LogP) is 14.0. The van der Waals surface area contributed by atoms with Crippen molar-refractivity contribution in [1.29, 1.82) is 10.5 Å². The third-order valence-electron chi connectivity index (χ3n) is 10.1. The first-order valence-electron chi connectivity index (χ1n) is 19.6. The number of para-hydroxylation sites is 4. The van der Waals surface area contributed by atoms with E-state index in [0.29, 0.717) is 22.3 Å². The van der Waals surface area contributed by atoms with Crippen LogP contribution in [0.15, 0.2) is 218 Å². The average molecular weight is 771 g/mol. The van der Waals surface area contributed by atoms with E-state index in [2.05, 4.69) is 70.5 Å². The van der Waals surface area contributed by atoms with Gasteiger partial charge in [-0.25, -0.2) is 0 Å². The van der Waals surface area contributed by atoms with E-state index in [-0.39, 0.29) is 5.78 Å². The van der Waals surface area contributed by atoms with Crippen LogP contribution in [0.2, 0.25) is 0 Å². The highest BCUT2D eigenvalue weighted by molar-refractivity contribution is 6.09. The van der Waals surface area contributed by atoms with Crippen molar-refractivity contribution in [3.63, 3.8) is 0 Å². The highest BCUT2D eigenvalue weighted by atomic mass is 16.1. The molecule has 5 nitrogen and oxygen atoms in total. The Bertz CT molecular complexity index is 2560. The van der Waals surface area contributed by atoms with Crippen LogP contribution >= 0.6 is 0 Å². The first-order chi connectivity index (χ1) is 29.6. The first kappa shape index (κ1) is 38.4. The number of carbonyl (C=O) groups is 1. The molecule has 0 amide bonds. The summed E-state index contributed by atoms with van der Waals surface area (Å²) in [6.45, 7) is 0. The summed E-state index contributed by atoms with van der Waals surface area (Å²) in [6, 6.07) is 75.9. The monoisotopic (exact) mass is 770 g/mol. The van der Waals surface area contributed by atoms with Crippen LogP contribution in [0.4, 0.5) is 34.1 Å². The molecule has 0 aliphatic rings. The summed E-state index contributed by atoms with van der Waals surface area (Å²) >= 11 is 0. The molecule has 8 rings (SSSR count). The third-order valence-corrected chi connectivity index (χ3v) is 10.1. The number of anilines is 6. The molecule has 0 N–H and O–H groups in total. The van der Waals surface area contributed by atoms with Crippen molar-refractivity contribution in [1.82, 2.24) is 0 Å². The van der Waals surface area contributed by atoms with Crippen molar-refractivity contribution in [3.8, 4) is 12.1 Å². The number of nitriles is 2. The molecule has 0 bridgehead atoms. The van der Waals surface area contributed by atoms with Crippen LogP contribution in [-0.2, 0) is 0 Å². The van der Waals surface area contributed by atoms with Gasteiger partial charge in [0, 0.05) is 45.3 Å². The summed E-state index contributed by atoms with van der Waals surface area (Å²) in [4.78, 5) is 17.9. The second-order valence-electron chi connectivity index (χ2n) is 14.0. The lowest BCUT2D eigenvalue weighted by Crippen LogP contribution is -2.09. The average Bonchev–Trinajstić information content (AvgIpc) is 3.32.